The van der Waals surface area contributed by atoms with Crippen molar-refractivity contribution in [3.05, 3.63) is 36.5 Å². The largest absolute Gasteiger partial charge is 0.369 e. The molecule has 0 aromatic rings. The lowest BCUT2D eigenvalue weighted by atomic mass is 10.1. The number of ether oxygens (including phenoxy) is 1. The Hall–Kier alpha value is -1.15. The normalized spacial score (nSPS) is 21.3. The minimum absolute atomic E-state index is 0.401. The highest BCUT2D eigenvalue weighted by Gasteiger charge is 2.36. The zero-order valence-corrected chi connectivity index (χ0v) is 14.1. The van der Waals surface area contributed by atoms with Crippen molar-refractivity contribution >= 4 is 6.29 Å². The first-order chi connectivity index (χ1) is 10.9. The molecule has 1 aliphatic heterocycles. The minimum atomic E-state index is 0.401. The lowest BCUT2D eigenvalue weighted by Gasteiger charge is -1.91. The minimum Gasteiger partial charge on any atom is -0.369 e. The van der Waals surface area contributed by atoms with Gasteiger partial charge < -0.3 is 9.53 Å². The third kappa shape index (κ3) is 10.6. The number of carbonyl (C=O) groups excluding carboxylic acids is 1. The molecule has 2 nitrogen and oxygen atoms in total. The van der Waals surface area contributed by atoms with Crippen LogP contribution in [0.5, 0.6) is 0 Å². The summed E-state index contributed by atoms with van der Waals surface area (Å²) in [6, 6.07) is 0. The molecule has 1 fully saturated rings. The van der Waals surface area contributed by atoms with Gasteiger partial charge in [0.1, 0.15) is 6.29 Å². The molecule has 2 heteroatoms. The van der Waals surface area contributed by atoms with Crippen molar-refractivity contribution in [3.8, 4) is 0 Å². The van der Waals surface area contributed by atoms with Crippen LogP contribution in [0.15, 0.2) is 36.5 Å². The van der Waals surface area contributed by atoms with Crippen molar-refractivity contribution in [2.75, 3.05) is 0 Å². The second kappa shape index (κ2) is 13.5. The number of hydrogen-bond acceptors (Lipinski definition) is 2. The van der Waals surface area contributed by atoms with Crippen LogP contribution in [0.2, 0.25) is 0 Å². The average Bonchev–Trinajstić information content (AvgIpc) is 3.27. The van der Waals surface area contributed by atoms with E-state index in [1.54, 1.807) is 0 Å². The summed E-state index contributed by atoms with van der Waals surface area (Å²) in [4.78, 5) is 10.2. The fraction of sp³-hybridized carbons (Fsp3) is 0.650. The van der Waals surface area contributed by atoms with Gasteiger partial charge in [-0.25, -0.2) is 0 Å². The SMILES string of the molecule is CCCCC/C=C\C/C=C\C/C=C\CC1OC1CCCC=O. The molecule has 0 aliphatic carbocycles. The Kier molecular flexibility index (Phi) is 11.6. The van der Waals surface area contributed by atoms with Gasteiger partial charge >= 0.3 is 0 Å². The molecule has 0 aromatic heterocycles. The summed E-state index contributed by atoms with van der Waals surface area (Å²) in [5.74, 6) is 0. The van der Waals surface area contributed by atoms with Gasteiger partial charge in [-0.2, -0.15) is 0 Å². The van der Waals surface area contributed by atoms with Gasteiger partial charge in [0.15, 0.2) is 0 Å². The van der Waals surface area contributed by atoms with E-state index in [9.17, 15) is 4.79 Å². The number of rotatable bonds is 14. The molecule has 0 radical (unpaired) electrons. The van der Waals surface area contributed by atoms with Gasteiger partial charge in [0, 0.05) is 6.42 Å². The summed E-state index contributed by atoms with van der Waals surface area (Å²) in [7, 11) is 0. The van der Waals surface area contributed by atoms with Crippen LogP contribution < -0.4 is 0 Å². The van der Waals surface area contributed by atoms with E-state index in [4.69, 9.17) is 4.74 Å². The van der Waals surface area contributed by atoms with Crippen molar-refractivity contribution in [1.82, 2.24) is 0 Å². The van der Waals surface area contributed by atoms with Gasteiger partial charge in [-0.3, -0.25) is 0 Å². The molecule has 0 aromatic carbocycles. The predicted molar refractivity (Wildman–Crippen MR) is 94.0 cm³/mol. The zero-order chi connectivity index (χ0) is 15.9. The smallest absolute Gasteiger partial charge is 0.119 e. The number of carbonyl (C=O) groups is 1. The van der Waals surface area contributed by atoms with Crippen LogP contribution in [0.1, 0.15) is 71.1 Å². The molecule has 0 amide bonds. The van der Waals surface area contributed by atoms with Gasteiger partial charge in [-0.1, -0.05) is 56.2 Å². The monoisotopic (exact) mass is 304 g/mol. The number of aldehydes is 1. The fourth-order valence-corrected chi connectivity index (χ4v) is 2.45. The lowest BCUT2D eigenvalue weighted by Crippen LogP contribution is -1.92. The molecule has 22 heavy (non-hydrogen) atoms. The molecular weight excluding hydrogens is 272 g/mol. The number of allylic oxidation sites excluding steroid dienone is 5. The topological polar surface area (TPSA) is 29.6 Å². The second-order valence-corrected chi connectivity index (χ2v) is 5.93. The Morgan fingerprint density at radius 2 is 1.55 bits per heavy atom. The molecule has 0 spiro atoms. The molecule has 0 N–H and O–H groups in total. The van der Waals surface area contributed by atoms with Gasteiger partial charge in [0.05, 0.1) is 12.2 Å². The molecule has 2 atom stereocenters. The highest BCUT2D eigenvalue weighted by atomic mass is 16.6. The van der Waals surface area contributed by atoms with E-state index >= 15 is 0 Å². The van der Waals surface area contributed by atoms with Crippen LogP contribution in [0.25, 0.3) is 0 Å². The Labute approximate surface area is 136 Å². The van der Waals surface area contributed by atoms with Crippen molar-refractivity contribution in [2.45, 2.75) is 83.3 Å². The summed E-state index contributed by atoms with van der Waals surface area (Å²) in [6.07, 6.45) is 26.1. The van der Waals surface area contributed by atoms with Crippen LogP contribution >= 0.6 is 0 Å². The van der Waals surface area contributed by atoms with E-state index in [0.29, 0.717) is 18.6 Å². The Morgan fingerprint density at radius 1 is 0.818 bits per heavy atom. The Balaban J connectivity index is 1.90. The first-order valence-corrected chi connectivity index (χ1v) is 8.92. The molecule has 1 rings (SSSR count). The first kappa shape index (κ1) is 18.9. The quantitative estimate of drug-likeness (QED) is 0.182. The zero-order valence-electron chi connectivity index (χ0n) is 14.1. The maximum absolute atomic E-state index is 10.2. The summed E-state index contributed by atoms with van der Waals surface area (Å²) in [5.41, 5.74) is 0. The molecule has 2 unspecified atom stereocenters. The molecule has 0 saturated carbocycles. The third-order valence-corrected chi connectivity index (χ3v) is 3.89. The van der Waals surface area contributed by atoms with Crippen LogP contribution in [-0.4, -0.2) is 18.5 Å². The molecule has 124 valence electrons. The summed E-state index contributed by atoms with van der Waals surface area (Å²) >= 11 is 0. The molecular formula is C20H32O2. The Morgan fingerprint density at radius 3 is 2.27 bits per heavy atom. The maximum Gasteiger partial charge on any atom is 0.119 e. The van der Waals surface area contributed by atoms with Crippen molar-refractivity contribution in [3.63, 3.8) is 0 Å². The van der Waals surface area contributed by atoms with Gasteiger partial charge in [-0.15, -0.1) is 0 Å². The summed E-state index contributed by atoms with van der Waals surface area (Å²) < 4.78 is 5.57. The van der Waals surface area contributed by atoms with E-state index in [-0.39, 0.29) is 0 Å². The van der Waals surface area contributed by atoms with Crippen LogP contribution in [-0.2, 0) is 9.53 Å². The number of unbranched alkanes of at least 4 members (excludes halogenated alkanes) is 4. The first-order valence-electron chi connectivity index (χ1n) is 8.92. The summed E-state index contributed by atoms with van der Waals surface area (Å²) in [6.45, 7) is 2.24. The fourth-order valence-electron chi connectivity index (χ4n) is 2.45. The predicted octanol–water partition coefficient (Wildman–Crippen LogP) is 5.54. The molecule has 1 heterocycles. The highest BCUT2D eigenvalue weighted by molar-refractivity contribution is 5.48. The average molecular weight is 304 g/mol. The van der Waals surface area contributed by atoms with Crippen LogP contribution in [0.3, 0.4) is 0 Å². The Bertz CT molecular complexity index is 355. The van der Waals surface area contributed by atoms with Crippen molar-refractivity contribution in [1.29, 1.82) is 0 Å². The van der Waals surface area contributed by atoms with E-state index in [2.05, 4.69) is 43.4 Å². The molecule has 0 bridgehead atoms. The van der Waals surface area contributed by atoms with Gasteiger partial charge in [-0.05, 0) is 44.9 Å². The number of epoxide rings is 1. The lowest BCUT2D eigenvalue weighted by molar-refractivity contribution is -0.107. The van der Waals surface area contributed by atoms with Crippen LogP contribution in [0, 0.1) is 0 Å². The highest BCUT2D eigenvalue weighted by Crippen LogP contribution is 2.29. The third-order valence-electron chi connectivity index (χ3n) is 3.89. The molecule has 1 saturated heterocycles. The second-order valence-electron chi connectivity index (χ2n) is 5.93. The van der Waals surface area contributed by atoms with E-state index < -0.39 is 0 Å². The van der Waals surface area contributed by atoms with E-state index in [1.165, 1.54) is 25.7 Å². The van der Waals surface area contributed by atoms with E-state index in [0.717, 1.165) is 38.4 Å². The van der Waals surface area contributed by atoms with Crippen LogP contribution in [0.4, 0.5) is 0 Å². The van der Waals surface area contributed by atoms with E-state index in [1.807, 2.05) is 0 Å². The van der Waals surface area contributed by atoms with Crippen molar-refractivity contribution in [2.24, 2.45) is 0 Å². The standard InChI is InChI=1S/C20H32O2/c1-2-3-4-5-6-7-8-9-10-11-12-13-16-19-20(22-19)17-14-15-18-21/h6-7,9-10,12-13,18-20H,2-5,8,11,14-17H2,1H3/b7-6-,10-9-,13-12-. The molecule has 1 aliphatic rings. The van der Waals surface area contributed by atoms with Gasteiger partial charge in [0.25, 0.3) is 0 Å². The maximum atomic E-state index is 10.2. The number of hydrogen-bond donors (Lipinski definition) is 0. The summed E-state index contributed by atoms with van der Waals surface area (Å²) in [5, 5.41) is 0. The van der Waals surface area contributed by atoms with Gasteiger partial charge in [0.2, 0.25) is 0 Å². The van der Waals surface area contributed by atoms with Crippen molar-refractivity contribution < 1.29 is 9.53 Å².